The number of halogens is 1. The molecule has 0 unspecified atom stereocenters. The van der Waals surface area contributed by atoms with Gasteiger partial charge in [0.1, 0.15) is 0 Å². The molecule has 152 valence electrons. The minimum absolute atomic E-state index is 0.0287. The molecule has 0 saturated carbocycles. The number of nitrogens with zero attached hydrogens (tertiary/aromatic N) is 2. The van der Waals surface area contributed by atoms with E-state index in [0.29, 0.717) is 29.0 Å². The minimum atomic E-state index is -0.135. The van der Waals surface area contributed by atoms with Gasteiger partial charge in [-0.15, -0.1) is 0 Å². The number of pyridine rings is 1. The third-order valence-electron chi connectivity index (χ3n) is 6.90. The fourth-order valence-corrected chi connectivity index (χ4v) is 5.70. The molecule has 2 aromatic rings. The fraction of sp³-hybridized carbons (Fsp3) is 0.478. The maximum Gasteiger partial charge on any atom is 0.252 e. The number of aromatic nitrogens is 1. The van der Waals surface area contributed by atoms with E-state index in [0.717, 1.165) is 32.5 Å². The number of aryl methyl sites for hydroxylation is 1. The highest BCUT2D eigenvalue weighted by molar-refractivity contribution is 6.33. The van der Waals surface area contributed by atoms with Gasteiger partial charge in [0.15, 0.2) is 0 Å². The average molecular weight is 412 g/mol. The largest absolute Gasteiger partial charge is 0.370 e. The molecule has 3 aliphatic heterocycles. The van der Waals surface area contributed by atoms with E-state index < -0.39 is 0 Å². The Bertz CT molecular complexity index is 919. The summed E-state index contributed by atoms with van der Waals surface area (Å²) in [4.78, 5) is 19.0. The van der Waals surface area contributed by atoms with Crippen LogP contribution < -0.4 is 5.32 Å². The van der Waals surface area contributed by atoms with Crippen LogP contribution >= 0.6 is 11.6 Å². The zero-order chi connectivity index (χ0) is 20.0. The van der Waals surface area contributed by atoms with Gasteiger partial charge in [-0.05, 0) is 31.4 Å². The van der Waals surface area contributed by atoms with E-state index in [4.69, 9.17) is 16.3 Å². The molecule has 3 aliphatic rings. The number of hydrogen-bond acceptors (Lipinski definition) is 4. The van der Waals surface area contributed by atoms with Crippen LogP contribution in [0.1, 0.15) is 34.3 Å². The van der Waals surface area contributed by atoms with Gasteiger partial charge < -0.3 is 10.1 Å². The van der Waals surface area contributed by atoms with Crippen molar-refractivity contribution in [3.05, 3.63) is 64.4 Å². The lowest BCUT2D eigenvalue weighted by Crippen LogP contribution is -2.42. The first-order valence-electron chi connectivity index (χ1n) is 10.4. The van der Waals surface area contributed by atoms with E-state index in [9.17, 15) is 4.79 Å². The molecule has 2 bridgehead atoms. The summed E-state index contributed by atoms with van der Waals surface area (Å²) in [5.74, 6) is 0.694. The number of likely N-dealkylation sites (tertiary alicyclic amines) is 1. The molecule has 1 amide bonds. The predicted molar refractivity (Wildman–Crippen MR) is 112 cm³/mol. The Hall–Kier alpha value is -1.95. The van der Waals surface area contributed by atoms with Crippen LogP contribution in [0.3, 0.4) is 0 Å². The molecular weight excluding hydrogens is 386 g/mol. The molecule has 5 nitrogen and oxygen atoms in total. The van der Waals surface area contributed by atoms with Gasteiger partial charge in [0.25, 0.3) is 5.91 Å². The molecule has 29 heavy (non-hydrogen) atoms. The summed E-state index contributed by atoms with van der Waals surface area (Å²) in [6, 6.07) is 10.4. The van der Waals surface area contributed by atoms with Gasteiger partial charge in [0, 0.05) is 50.4 Å². The lowest BCUT2D eigenvalue weighted by Gasteiger charge is -2.29. The minimum Gasteiger partial charge on any atom is -0.370 e. The van der Waals surface area contributed by atoms with Crippen molar-refractivity contribution in [1.29, 1.82) is 0 Å². The van der Waals surface area contributed by atoms with Crippen molar-refractivity contribution in [3.63, 3.8) is 0 Å². The number of ether oxygens (including phenoxy) is 1. The Morgan fingerprint density at radius 2 is 2.17 bits per heavy atom. The average Bonchev–Trinajstić information content (AvgIpc) is 3.36. The molecule has 3 fully saturated rings. The van der Waals surface area contributed by atoms with E-state index in [2.05, 4.69) is 46.4 Å². The highest BCUT2D eigenvalue weighted by atomic mass is 35.5. The summed E-state index contributed by atoms with van der Waals surface area (Å²) < 4.78 is 6.52. The molecule has 0 aliphatic carbocycles. The van der Waals surface area contributed by atoms with Crippen LogP contribution in [0.15, 0.2) is 42.7 Å². The molecule has 1 N–H and O–H groups in total. The van der Waals surface area contributed by atoms with Gasteiger partial charge in [-0.25, -0.2) is 0 Å². The first-order valence-corrected chi connectivity index (χ1v) is 10.8. The number of fused-ring (bicyclic) bond motifs is 1. The molecule has 6 heteroatoms. The van der Waals surface area contributed by atoms with Crippen LogP contribution in [0.2, 0.25) is 5.02 Å². The number of carbonyl (C=O) groups excluding carboxylic acids is 1. The van der Waals surface area contributed by atoms with Crippen LogP contribution in [-0.4, -0.2) is 47.1 Å². The summed E-state index contributed by atoms with van der Waals surface area (Å²) >= 11 is 6.12. The van der Waals surface area contributed by atoms with Gasteiger partial charge in [0.05, 0.1) is 22.3 Å². The number of carbonyl (C=O) groups is 1. The topological polar surface area (TPSA) is 54.5 Å². The van der Waals surface area contributed by atoms with Gasteiger partial charge in [0.2, 0.25) is 0 Å². The van der Waals surface area contributed by atoms with E-state index in [1.165, 1.54) is 17.3 Å². The first kappa shape index (κ1) is 19.0. The first-order chi connectivity index (χ1) is 14.0. The van der Waals surface area contributed by atoms with Crippen LogP contribution in [-0.2, 0) is 11.3 Å². The van der Waals surface area contributed by atoms with Gasteiger partial charge in [-0.2, -0.15) is 0 Å². The molecule has 1 aromatic heterocycles. The lowest BCUT2D eigenvalue weighted by molar-refractivity contribution is 0.00212. The summed E-state index contributed by atoms with van der Waals surface area (Å²) in [7, 11) is 0. The van der Waals surface area contributed by atoms with Gasteiger partial charge >= 0.3 is 0 Å². The van der Waals surface area contributed by atoms with Gasteiger partial charge in [-0.3, -0.25) is 14.7 Å². The number of nitrogens with one attached hydrogen (secondary N) is 1. The van der Waals surface area contributed by atoms with Crippen LogP contribution in [0.5, 0.6) is 0 Å². The third-order valence-corrected chi connectivity index (χ3v) is 7.20. The second-order valence-corrected chi connectivity index (χ2v) is 9.16. The maximum absolute atomic E-state index is 12.6. The van der Waals surface area contributed by atoms with E-state index in [-0.39, 0.29) is 17.6 Å². The monoisotopic (exact) mass is 411 g/mol. The summed E-state index contributed by atoms with van der Waals surface area (Å²) in [6.07, 6.45) is 5.58. The van der Waals surface area contributed by atoms with Crippen molar-refractivity contribution in [3.8, 4) is 0 Å². The molecule has 1 spiro atoms. The zero-order valence-corrected chi connectivity index (χ0v) is 17.4. The second kappa shape index (κ2) is 7.38. The number of benzene rings is 1. The molecule has 0 radical (unpaired) electrons. The number of hydrogen-bond donors (Lipinski definition) is 1. The Morgan fingerprint density at radius 3 is 2.97 bits per heavy atom. The molecular formula is C23H26ClN3O2. The van der Waals surface area contributed by atoms with Crippen molar-refractivity contribution >= 4 is 17.5 Å². The Kier molecular flexibility index (Phi) is 4.85. The lowest BCUT2D eigenvalue weighted by atomic mass is 9.73. The second-order valence-electron chi connectivity index (χ2n) is 8.75. The van der Waals surface area contributed by atoms with E-state index >= 15 is 0 Å². The normalized spacial score (nSPS) is 30.5. The van der Waals surface area contributed by atoms with E-state index in [1.807, 2.05) is 0 Å². The molecule has 1 aromatic carbocycles. The number of rotatable bonds is 5. The van der Waals surface area contributed by atoms with Crippen LogP contribution in [0.4, 0.5) is 0 Å². The maximum atomic E-state index is 12.6. The number of amides is 1. The molecule has 3 saturated heterocycles. The summed E-state index contributed by atoms with van der Waals surface area (Å²) in [5.41, 5.74) is 3.09. The van der Waals surface area contributed by atoms with Crippen molar-refractivity contribution < 1.29 is 9.53 Å². The predicted octanol–water partition coefficient (Wildman–Crippen LogP) is 3.45. The highest BCUT2D eigenvalue weighted by Gasteiger charge is 2.62. The zero-order valence-electron chi connectivity index (χ0n) is 16.6. The smallest absolute Gasteiger partial charge is 0.252 e. The molecule has 4 heterocycles. The Morgan fingerprint density at radius 1 is 1.34 bits per heavy atom. The fourth-order valence-electron chi connectivity index (χ4n) is 5.50. The van der Waals surface area contributed by atoms with Gasteiger partial charge in [-0.1, -0.05) is 41.4 Å². The Labute approximate surface area is 176 Å². The van der Waals surface area contributed by atoms with Crippen molar-refractivity contribution in [2.24, 2.45) is 11.8 Å². The van der Waals surface area contributed by atoms with Crippen molar-refractivity contribution in [2.75, 3.05) is 19.6 Å². The van der Waals surface area contributed by atoms with E-state index in [1.54, 1.807) is 12.3 Å². The summed E-state index contributed by atoms with van der Waals surface area (Å²) in [6.45, 7) is 5.72. The van der Waals surface area contributed by atoms with Crippen LogP contribution in [0, 0.1) is 18.8 Å². The Balaban J connectivity index is 1.25. The van der Waals surface area contributed by atoms with Crippen LogP contribution in [0.25, 0.3) is 0 Å². The molecule has 5 rings (SSSR count). The molecule has 4 atom stereocenters. The third kappa shape index (κ3) is 3.45. The van der Waals surface area contributed by atoms with Crippen molar-refractivity contribution in [2.45, 2.75) is 38.0 Å². The summed E-state index contributed by atoms with van der Waals surface area (Å²) in [5, 5.41) is 3.48. The SMILES string of the molecule is Cc1ccc(CN2C[C@@H]3[C@H](CNC(=O)c4ccncc4Cl)[C@H]4CC[C@]3(C2)O4)cc1. The quantitative estimate of drug-likeness (QED) is 0.818. The van der Waals surface area contributed by atoms with Crippen molar-refractivity contribution in [1.82, 2.24) is 15.2 Å². The highest BCUT2D eigenvalue weighted by Crippen LogP contribution is 2.54. The standard InChI is InChI=1S/C23H26ClN3O2/c1-15-2-4-16(5-3-15)12-27-13-19-18(21-6-8-23(19,14-27)29-21)10-26-22(28)17-7-9-25-11-20(17)24/h2-5,7,9,11,18-19,21H,6,8,10,12-14H2,1H3,(H,26,28)/t18-,19+,21+,23+/m0/s1.